The molecule has 0 saturated carbocycles. The van der Waals surface area contributed by atoms with Gasteiger partial charge in [-0.25, -0.2) is 9.37 Å². The Labute approximate surface area is 163 Å². The number of carbonyl (C=O) groups excluding carboxylic acids is 1. The molecule has 1 spiro atoms. The molecule has 4 atom stereocenters. The number of anilines is 1. The molecule has 3 fully saturated rings. The molecule has 0 unspecified atom stereocenters. The van der Waals surface area contributed by atoms with E-state index >= 15 is 0 Å². The van der Waals surface area contributed by atoms with E-state index in [2.05, 4.69) is 20.2 Å². The van der Waals surface area contributed by atoms with E-state index < -0.39 is 0 Å². The fraction of sp³-hybridized carbons (Fsp3) is 0.476. The molecule has 3 aliphatic heterocycles. The van der Waals surface area contributed by atoms with Gasteiger partial charge in [0, 0.05) is 43.2 Å². The molecule has 1 N–H and O–H groups in total. The Kier molecular flexibility index (Phi) is 4.08. The monoisotopic (exact) mass is 382 g/mol. The number of aryl methyl sites for hydroxylation is 1. The Hall–Kier alpha value is -2.54. The van der Waals surface area contributed by atoms with Gasteiger partial charge in [-0.1, -0.05) is 0 Å². The fourth-order valence-electron chi connectivity index (χ4n) is 5.15. The van der Waals surface area contributed by atoms with Crippen molar-refractivity contribution in [1.82, 2.24) is 15.3 Å². The van der Waals surface area contributed by atoms with E-state index in [0.717, 1.165) is 37.4 Å². The van der Waals surface area contributed by atoms with Crippen LogP contribution in [0.5, 0.6) is 0 Å². The predicted octanol–water partition coefficient (Wildman–Crippen LogP) is 2.34. The van der Waals surface area contributed by atoms with E-state index in [1.807, 2.05) is 13.1 Å². The molecular formula is C21H23FN4O2. The Bertz CT molecular complexity index is 906. The number of fused-ring (bicyclic) bond motifs is 1. The minimum Gasteiger partial charge on any atom is -0.369 e. The second-order valence-electron chi connectivity index (χ2n) is 8.15. The molecule has 3 saturated heterocycles. The number of carbonyl (C=O) groups is 1. The van der Waals surface area contributed by atoms with Crippen LogP contribution in [-0.2, 0) is 4.74 Å². The molecular weight excluding hydrogens is 359 g/mol. The van der Waals surface area contributed by atoms with E-state index in [1.54, 1.807) is 6.20 Å². The van der Waals surface area contributed by atoms with Gasteiger partial charge in [0.25, 0.3) is 5.91 Å². The number of hydrogen-bond acceptors (Lipinski definition) is 5. The Morgan fingerprint density at radius 1 is 1.36 bits per heavy atom. The first-order valence-corrected chi connectivity index (χ1v) is 9.79. The van der Waals surface area contributed by atoms with Crippen LogP contribution in [0.25, 0.3) is 0 Å². The maximum absolute atomic E-state index is 13.1. The van der Waals surface area contributed by atoms with E-state index in [1.165, 1.54) is 24.3 Å². The Morgan fingerprint density at radius 2 is 2.18 bits per heavy atom. The minimum atomic E-state index is -0.342. The van der Waals surface area contributed by atoms with Crippen molar-refractivity contribution in [3.63, 3.8) is 0 Å². The average molecular weight is 382 g/mol. The lowest BCUT2D eigenvalue weighted by Crippen LogP contribution is -2.41. The topological polar surface area (TPSA) is 67.4 Å². The number of amides is 1. The van der Waals surface area contributed by atoms with Crippen LogP contribution in [0.1, 0.15) is 28.9 Å². The zero-order chi connectivity index (χ0) is 19.3. The third-order valence-electron chi connectivity index (χ3n) is 6.45. The quantitative estimate of drug-likeness (QED) is 0.879. The standard InChI is InChI=1S/C21H23FN4O2/c1-13-8-23-10-19(25-13)26-11-17-16(18-6-7-21(17,12-26)28-18)9-24-20(27)14-2-4-15(22)5-3-14/h2-5,8,10,16-18H,6-7,9,11-12H2,1H3,(H,24,27)/t16-,17+,18+,21+/m0/s1. The molecule has 7 heteroatoms. The molecule has 0 radical (unpaired) electrons. The summed E-state index contributed by atoms with van der Waals surface area (Å²) < 4.78 is 19.5. The number of benzene rings is 1. The number of nitrogens with zero attached hydrogens (tertiary/aromatic N) is 3. The van der Waals surface area contributed by atoms with E-state index in [9.17, 15) is 9.18 Å². The zero-order valence-electron chi connectivity index (χ0n) is 15.8. The molecule has 4 heterocycles. The van der Waals surface area contributed by atoms with Crippen LogP contribution in [0.4, 0.5) is 10.2 Å². The van der Waals surface area contributed by atoms with Crippen LogP contribution in [0, 0.1) is 24.6 Å². The van der Waals surface area contributed by atoms with Gasteiger partial charge < -0.3 is 15.0 Å². The van der Waals surface area contributed by atoms with Crippen molar-refractivity contribution in [2.24, 2.45) is 11.8 Å². The summed E-state index contributed by atoms with van der Waals surface area (Å²) in [4.78, 5) is 23.6. The predicted molar refractivity (Wildman–Crippen MR) is 102 cm³/mol. The highest BCUT2D eigenvalue weighted by Gasteiger charge is 2.63. The minimum absolute atomic E-state index is 0.138. The van der Waals surface area contributed by atoms with E-state index in [4.69, 9.17) is 4.74 Å². The van der Waals surface area contributed by atoms with Crippen LogP contribution in [0.2, 0.25) is 0 Å². The summed E-state index contributed by atoms with van der Waals surface area (Å²) in [6.45, 7) is 4.21. The van der Waals surface area contributed by atoms with Crippen molar-refractivity contribution in [2.45, 2.75) is 31.5 Å². The largest absolute Gasteiger partial charge is 0.369 e. The molecule has 3 aliphatic rings. The molecule has 2 bridgehead atoms. The Morgan fingerprint density at radius 3 is 2.96 bits per heavy atom. The van der Waals surface area contributed by atoms with Gasteiger partial charge in [-0.2, -0.15) is 0 Å². The van der Waals surface area contributed by atoms with Gasteiger partial charge in [0.2, 0.25) is 0 Å². The molecule has 1 aromatic heterocycles. The summed E-state index contributed by atoms with van der Waals surface area (Å²) in [5.41, 5.74) is 1.24. The number of hydrogen-bond donors (Lipinski definition) is 1. The molecule has 1 amide bonds. The summed E-state index contributed by atoms with van der Waals surface area (Å²) >= 11 is 0. The zero-order valence-corrected chi connectivity index (χ0v) is 15.8. The summed E-state index contributed by atoms with van der Waals surface area (Å²) in [5.74, 6) is 1.02. The highest BCUT2D eigenvalue weighted by Crippen LogP contribution is 2.55. The van der Waals surface area contributed by atoms with E-state index in [-0.39, 0.29) is 29.3 Å². The van der Waals surface area contributed by atoms with Crippen LogP contribution in [0.3, 0.4) is 0 Å². The molecule has 2 aromatic rings. The normalized spacial score (nSPS) is 30.5. The number of halogens is 1. The lowest BCUT2D eigenvalue weighted by molar-refractivity contribution is 0.0141. The number of nitrogens with one attached hydrogen (secondary N) is 1. The van der Waals surface area contributed by atoms with E-state index in [0.29, 0.717) is 18.0 Å². The number of rotatable bonds is 4. The first kappa shape index (κ1) is 17.6. The highest BCUT2D eigenvalue weighted by atomic mass is 19.1. The van der Waals surface area contributed by atoms with Gasteiger partial charge in [-0.05, 0) is 44.0 Å². The highest BCUT2D eigenvalue weighted by molar-refractivity contribution is 5.94. The molecule has 0 aliphatic carbocycles. The molecule has 146 valence electrons. The smallest absolute Gasteiger partial charge is 0.251 e. The van der Waals surface area contributed by atoms with Gasteiger partial charge in [0.15, 0.2) is 0 Å². The van der Waals surface area contributed by atoms with Crippen molar-refractivity contribution >= 4 is 11.7 Å². The first-order valence-electron chi connectivity index (χ1n) is 9.79. The third kappa shape index (κ3) is 2.85. The molecule has 1 aromatic carbocycles. The van der Waals surface area contributed by atoms with Crippen molar-refractivity contribution in [1.29, 1.82) is 0 Å². The lowest BCUT2D eigenvalue weighted by atomic mass is 9.73. The van der Waals surface area contributed by atoms with Gasteiger partial charge in [0.05, 0.1) is 23.6 Å². The fourth-order valence-corrected chi connectivity index (χ4v) is 5.15. The number of ether oxygens (including phenoxy) is 1. The summed E-state index contributed by atoms with van der Waals surface area (Å²) in [5, 5.41) is 3.03. The summed E-state index contributed by atoms with van der Waals surface area (Å²) in [6, 6.07) is 5.64. The van der Waals surface area contributed by atoms with Crippen molar-refractivity contribution in [2.75, 3.05) is 24.5 Å². The average Bonchev–Trinajstić information content (AvgIpc) is 3.35. The maximum Gasteiger partial charge on any atom is 0.251 e. The number of aromatic nitrogens is 2. The third-order valence-corrected chi connectivity index (χ3v) is 6.45. The SMILES string of the molecule is Cc1cncc(N2C[C@@H]3[C@H](CNC(=O)c4ccc(F)cc4)[C@H]4CC[C@]3(C2)O4)n1. The van der Waals surface area contributed by atoms with Crippen LogP contribution < -0.4 is 10.2 Å². The van der Waals surface area contributed by atoms with Crippen molar-refractivity contribution < 1.29 is 13.9 Å². The Balaban J connectivity index is 1.29. The summed E-state index contributed by atoms with van der Waals surface area (Å²) in [7, 11) is 0. The van der Waals surface area contributed by atoms with Crippen LogP contribution in [0.15, 0.2) is 36.7 Å². The van der Waals surface area contributed by atoms with Gasteiger partial charge in [-0.3, -0.25) is 9.78 Å². The first-order chi connectivity index (χ1) is 13.5. The van der Waals surface area contributed by atoms with Crippen LogP contribution >= 0.6 is 0 Å². The molecule has 28 heavy (non-hydrogen) atoms. The van der Waals surface area contributed by atoms with Crippen LogP contribution in [-0.4, -0.2) is 47.2 Å². The lowest BCUT2D eigenvalue weighted by Gasteiger charge is -2.29. The molecule has 6 nitrogen and oxygen atoms in total. The second kappa shape index (κ2) is 6.51. The van der Waals surface area contributed by atoms with Gasteiger partial charge in [0.1, 0.15) is 11.6 Å². The maximum atomic E-state index is 13.1. The second-order valence-corrected chi connectivity index (χ2v) is 8.15. The van der Waals surface area contributed by atoms with Gasteiger partial charge in [-0.15, -0.1) is 0 Å². The summed E-state index contributed by atoms with van der Waals surface area (Å²) in [6.07, 6.45) is 5.85. The van der Waals surface area contributed by atoms with Crippen molar-refractivity contribution in [3.8, 4) is 0 Å². The van der Waals surface area contributed by atoms with Gasteiger partial charge >= 0.3 is 0 Å². The molecule has 5 rings (SSSR count). The van der Waals surface area contributed by atoms with Crippen molar-refractivity contribution in [3.05, 3.63) is 53.7 Å².